The molecule has 19 heavy (non-hydrogen) atoms. The first-order valence-corrected chi connectivity index (χ1v) is 6.00. The Morgan fingerprint density at radius 2 is 2.16 bits per heavy atom. The van der Waals surface area contributed by atoms with E-state index < -0.39 is 11.7 Å². The molecule has 1 aromatic rings. The Bertz CT molecular complexity index is 489. The van der Waals surface area contributed by atoms with Gasteiger partial charge in [-0.05, 0) is 18.9 Å². The van der Waals surface area contributed by atoms with Crippen molar-refractivity contribution < 1.29 is 18.0 Å². The highest BCUT2D eigenvalue weighted by atomic mass is 35.5. The topological polar surface area (TPSA) is 54.0 Å². The summed E-state index contributed by atoms with van der Waals surface area (Å²) in [6.07, 6.45) is -1.89. The van der Waals surface area contributed by atoms with E-state index in [1.807, 2.05) is 0 Å². The maximum Gasteiger partial charge on any atom is 0.417 e. The van der Waals surface area contributed by atoms with Crippen LogP contribution in [-0.4, -0.2) is 23.5 Å². The van der Waals surface area contributed by atoms with Gasteiger partial charge in [-0.2, -0.15) is 13.2 Å². The van der Waals surface area contributed by atoms with Crippen LogP contribution < -0.4 is 10.6 Å². The van der Waals surface area contributed by atoms with Crippen LogP contribution >= 0.6 is 11.6 Å². The van der Waals surface area contributed by atoms with Gasteiger partial charge in [0, 0.05) is 12.2 Å². The number of pyridine rings is 1. The molecular weight excluding hydrogens is 283 g/mol. The van der Waals surface area contributed by atoms with Crippen LogP contribution in [0.1, 0.15) is 18.4 Å². The van der Waals surface area contributed by atoms with E-state index >= 15 is 0 Å². The lowest BCUT2D eigenvalue weighted by molar-refractivity contribution is -0.137. The molecule has 0 saturated heterocycles. The summed E-state index contributed by atoms with van der Waals surface area (Å²) in [7, 11) is 0. The number of hydrogen-bond donors (Lipinski definition) is 2. The number of halogens is 4. The molecule has 0 bridgehead atoms. The molecule has 1 amide bonds. The average Bonchev–Trinajstić information content (AvgIpc) is 3.10. The third-order valence-electron chi connectivity index (χ3n) is 2.53. The van der Waals surface area contributed by atoms with E-state index in [9.17, 15) is 18.0 Å². The quantitative estimate of drug-likeness (QED) is 0.896. The number of anilines is 1. The Hall–Kier alpha value is -1.50. The van der Waals surface area contributed by atoms with Crippen LogP contribution in [0.2, 0.25) is 5.02 Å². The number of amides is 1. The van der Waals surface area contributed by atoms with Crippen molar-refractivity contribution in [1.29, 1.82) is 0 Å². The number of carbonyl (C=O) groups excluding carboxylic acids is 1. The predicted molar refractivity (Wildman–Crippen MR) is 63.9 cm³/mol. The fraction of sp³-hybridized carbons (Fsp3) is 0.455. The van der Waals surface area contributed by atoms with E-state index in [2.05, 4.69) is 15.6 Å². The number of aromatic nitrogens is 1. The Kier molecular flexibility index (Phi) is 3.84. The van der Waals surface area contributed by atoms with Crippen LogP contribution in [0.3, 0.4) is 0 Å². The van der Waals surface area contributed by atoms with Gasteiger partial charge >= 0.3 is 6.18 Å². The van der Waals surface area contributed by atoms with Gasteiger partial charge in [-0.15, -0.1) is 0 Å². The summed E-state index contributed by atoms with van der Waals surface area (Å²) in [5.41, 5.74) is -0.925. The first-order chi connectivity index (χ1) is 8.86. The van der Waals surface area contributed by atoms with Gasteiger partial charge in [-0.25, -0.2) is 4.98 Å². The summed E-state index contributed by atoms with van der Waals surface area (Å²) in [6, 6.07) is 1.00. The Morgan fingerprint density at radius 1 is 1.47 bits per heavy atom. The molecule has 2 N–H and O–H groups in total. The van der Waals surface area contributed by atoms with Gasteiger partial charge in [0.05, 0.1) is 17.1 Å². The molecule has 0 radical (unpaired) electrons. The Balaban J connectivity index is 1.94. The van der Waals surface area contributed by atoms with E-state index in [1.54, 1.807) is 0 Å². The molecule has 1 saturated carbocycles. The number of hydrogen-bond acceptors (Lipinski definition) is 3. The van der Waals surface area contributed by atoms with E-state index in [1.165, 1.54) is 0 Å². The van der Waals surface area contributed by atoms with Crippen molar-refractivity contribution in [3.05, 3.63) is 22.8 Å². The second kappa shape index (κ2) is 5.24. The normalized spacial score (nSPS) is 15.2. The van der Waals surface area contributed by atoms with Gasteiger partial charge in [0.1, 0.15) is 5.82 Å². The summed E-state index contributed by atoms with van der Waals surface area (Å²) < 4.78 is 37.1. The summed E-state index contributed by atoms with van der Waals surface area (Å²) in [4.78, 5) is 14.9. The molecular formula is C11H11ClF3N3O. The number of rotatable bonds is 4. The Morgan fingerprint density at radius 3 is 2.68 bits per heavy atom. The SMILES string of the molecule is O=C(CNc1ncc(C(F)(F)F)cc1Cl)NC1CC1. The lowest BCUT2D eigenvalue weighted by atomic mass is 10.3. The molecule has 104 valence electrons. The van der Waals surface area contributed by atoms with E-state index in [4.69, 9.17) is 11.6 Å². The first kappa shape index (κ1) is 13.9. The van der Waals surface area contributed by atoms with E-state index in [0.29, 0.717) is 6.20 Å². The molecule has 0 aromatic carbocycles. The predicted octanol–water partition coefficient (Wildman–Crippen LogP) is 2.44. The van der Waals surface area contributed by atoms with Crippen LogP contribution in [0.15, 0.2) is 12.3 Å². The minimum atomic E-state index is -4.49. The number of carbonyl (C=O) groups is 1. The third-order valence-corrected chi connectivity index (χ3v) is 2.82. The Labute approximate surface area is 112 Å². The van der Waals surface area contributed by atoms with Crippen molar-refractivity contribution in [1.82, 2.24) is 10.3 Å². The second-order valence-electron chi connectivity index (χ2n) is 4.25. The molecule has 8 heteroatoms. The van der Waals surface area contributed by atoms with Gasteiger partial charge in [-0.1, -0.05) is 11.6 Å². The lowest BCUT2D eigenvalue weighted by Gasteiger charge is -2.10. The van der Waals surface area contributed by atoms with Crippen molar-refractivity contribution in [2.24, 2.45) is 0 Å². The van der Waals surface area contributed by atoms with Gasteiger partial charge in [-0.3, -0.25) is 4.79 Å². The van der Waals surface area contributed by atoms with Crippen LogP contribution in [0.25, 0.3) is 0 Å². The highest BCUT2D eigenvalue weighted by molar-refractivity contribution is 6.33. The van der Waals surface area contributed by atoms with E-state index in [0.717, 1.165) is 18.9 Å². The van der Waals surface area contributed by atoms with Crippen molar-refractivity contribution in [3.8, 4) is 0 Å². The second-order valence-corrected chi connectivity index (χ2v) is 4.65. The summed E-state index contributed by atoms with van der Waals surface area (Å²) in [6.45, 7) is -0.0748. The molecule has 1 aliphatic rings. The number of nitrogens with zero attached hydrogens (tertiary/aromatic N) is 1. The molecule has 0 unspecified atom stereocenters. The molecule has 2 rings (SSSR count). The molecule has 1 aromatic heterocycles. The van der Waals surface area contributed by atoms with Crippen LogP contribution in [-0.2, 0) is 11.0 Å². The van der Waals surface area contributed by atoms with Gasteiger partial charge in [0.2, 0.25) is 5.91 Å². The third kappa shape index (κ3) is 3.99. The van der Waals surface area contributed by atoms with Gasteiger partial charge in [0.15, 0.2) is 0 Å². The largest absolute Gasteiger partial charge is 0.417 e. The summed E-state index contributed by atoms with van der Waals surface area (Å²) >= 11 is 5.68. The maximum atomic E-state index is 12.4. The first-order valence-electron chi connectivity index (χ1n) is 5.62. The summed E-state index contributed by atoms with van der Waals surface area (Å²) in [5, 5.41) is 5.16. The maximum absolute atomic E-state index is 12.4. The molecule has 0 atom stereocenters. The lowest BCUT2D eigenvalue weighted by Crippen LogP contribution is -2.31. The molecule has 0 aliphatic heterocycles. The van der Waals surface area contributed by atoms with Crippen LogP contribution in [0.4, 0.5) is 19.0 Å². The molecule has 1 aliphatic carbocycles. The zero-order chi connectivity index (χ0) is 14.0. The number of nitrogens with one attached hydrogen (secondary N) is 2. The van der Waals surface area contributed by atoms with Crippen molar-refractivity contribution >= 4 is 23.3 Å². The van der Waals surface area contributed by atoms with Crippen molar-refractivity contribution in [2.45, 2.75) is 25.1 Å². The minimum Gasteiger partial charge on any atom is -0.360 e. The number of alkyl halides is 3. The highest BCUT2D eigenvalue weighted by Crippen LogP contribution is 2.32. The van der Waals surface area contributed by atoms with Crippen LogP contribution in [0, 0.1) is 0 Å². The monoisotopic (exact) mass is 293 g/mol. The van der Waals surface area contributed by atoms with E-state index in [-0.39, 0.29) is 29.3 Å². The molecule has 0 spiro atoms. The summed E-state index contributed by atoms with van der Waals surface area (Å²) in [5.74, 6) is -0.180. The van der Waals surface area contributed by atoms with Crippen molar-refractivity contribution in [3.63, 3.8) is 0 Å². The zero-order valence-electron chi connectivity index (χ0n) is 9.72. The van der Waals surface area contributed by atoms with Crippen molar-refractivity contribution in [2.75, 3.05) is 11.9 Å². The fourth-order valence-corrected chi connectivity index (χ4v) is 1.63. The standard InChI is InChI=1S/C11H11ClF3N3O/c12-8-3-6(11(13,14)15)4-16-10(8)17-5-9(19)18-7-1-2-7/h3-4,7H,1-2,5H2,(H,16,17)(H,18,19). The zero-order valence-corrected chi connectivity index (χ0v) is 10.5. The molecule has 4 nitrogen and oxygen atoms in total. The fourth-order valence-electron chi connectivity index (χ4n) is 1.39. The van der Waals surface area contributed by atoms with Gasteiger partial charge < -0.3 is 10.6 Å². The smallest absolute Gasteiger partial charge is 0.360 e. The highest BCUT2D eigenvalue weighted by Gasteiger charge is 2.31. The van der Waals surface area contributed by atoms with Gasteiger partial charge in [0.25, 0.3) is 0 Å². The van der Waals surface area contributed by atoms with Crippen LogP contribution in [0.5, 0.6) is 0 Å². The minimum absolute atomic E-state index is 0.0561. The molecule has 1 heterocycles. The average molecular weight is 294 g/mol. The molecule has 1 fully saturated rings.